The summed E-state index contributed by atoms with van der Waals surface area (Å²) >= 11 is 6.26. The minimum Gasteiger partial charge on any atom is -0.450 e. The Labute approximate surface area is 179 Å². The van der Waals surface area contributed by atoms with Gasteiger partial charge in [-0.2, -0.15) is 9.97 Å². The lowest BCUT2D eigenvalue weighted by molar-refractivity contribution is 0.105. The highest BCUT2D eigenvalue weighted by Gasteiger charge is 2.24. The van der Waals surface area contributed by atoms with Crippen molar-refractivity contribution in [3.8, 4) is 0 Å². The second-order valence-electron chi connectivity index (χ2n) is 6.86. The Bertz CT molecular complexity index is 1070. The van der Waals surface area contributed by atoms with Crippen LogP contribution in [-0.2, 0) is 4.74 Å². The Kier molecular flexibility index (Phi) is 5.80. The molecule has 1 saturated heterocycles. The number of fused-ring (bicyclic) bond motifs is 1. The number of rotatable bonds is 4. The highest BCUT2D eigenvalue weighted by Crippen LogP contribution is 2.27. The van der Waals surface area contributed by atoms with Crippen molar-refractivity contribution in [2.75, 3.05) is 43.0 Å². The van der Waals surface area contributed by atoms with Gasteiger partial charge >= 0.3 is 6.09 Å². The number of aromatic nitrogens is 4. The zero-order valence-corrected chi connectivity index (χ0v) is 17.6. The molecule has 0 unspecified atom stereocenters. The molecule has 2 aromatic heterocycles. The van der Waals surface area contributed by atoms with E-state index in [1.165, 1.54) is 0 Å². The number of aryl methyl sites for hydroxylation is 1. The van der Waals surface area contributed by atoms with E-state index in [0.29, 0.717) is 60.7 Å². The van der Waals surface area contributed by atoms with Crippen LogP contribution in [0.25, 0.3) is 11.2 Å². The SMILES string of the molecule is CCOC(=O)N1CCN(c2nc(Nc3ccc(C)c(Cl)c3)c3nccnc3n2)CC1. The first-order valence-corrected chi connectivity index (χ1v) is 10.1. The van der Waals surface area contributed by atoms with Crippen LogP contribution >= 0.6 is 11.6 Å². The molecule has 3 aromatic rings. The Balaban J connectivity index is 1.60. The van der Waals surface area contributed by atoms with E-state index < -0.39 is 0 Å². The van der Waals surface area contributed by atoms with Crippen LogP contribution in [0.4, 0.5) is 22.2 Å². The van der Waals surface area contributed by atoms with E-state index in [0.717, 1.165) is 11.3 Å². The number of carbonyl (C=O) groups is 1. The summed E-state index contributed by atoms with van der Waals surface area (Å²) in [6.07, 6.45) is 2.92. The van der Waals surface area contributed by atoms with Crippen LogP contribution in [0.3, 0.4) is 0 Å². The number of anilines is 3. The van der Waals surface area contributed by atoms with Crippen molar-refractivity contribution in [3.05, 3.63) is 41.2 Å². The first kappa shape index (κ1) is 20.1. The van der Waals surface area contributed by atoms with Crippen LogP contribution in [0.5, 0.6) is 0 Å². The van der Waals surface area contributed by atoms with Gasteiger partial charge in [0.15, 0.2) is 17.0 Å². The maximum Gasteiger partial charge on any atom is 0.409 e. The highest BCUT2D eigenvalue weighted by molar-refractivity contribution is 6.31. The molecule has 30 heavy (non-hydrogen) atoms. The van der Waals surface area contributed by atoms with Crippen molar-refractivity contribution in [1.82, 2.24) is 24.8 Å². The minimum absolute atomic E-state index is 0.291. The third-order valence-electron chi connectivity index (χ3n) is 4.84. The smallest absolute Gasteiger partial charge is 0.409 e. The van der Waals surface area contributed by atoms with Crippen molar-refractivity contribution in [2.45, 2.75) is 13.8 Å². The molecule has 3 heterocycles. The van der Waals surface area contributed by atoms with Gasteiger partial charge in [0.2, 0.25) is 5.95 Å². The lowest BCUT2D eigenvalue weighted by atomic mass is 10.2. The van der Waals surface area contributed by atoms with Crippen molar-refractivity contribution in [3.63, 3.8) is 0 Å². The molecule has 0 spiro atoms. The van der Waals surface area contributed by atoms with E-state index >= 15 is 0 Å². The fourth-order valence-corrected chi connectivity index (χ4v) is 3.37. The predicted molar refractivity (Wildman–Crippen MR) is 115 cm³/mol. The molecular formula is C20H22ClN7O2. The monoisotopic (exact) mass is 427 g/mol. The number of hydrogen-bond acceptors (Lipinski definition) is 8. The summed E-state index contributed by atoms with van der Waals surface area (Å²) in [5, 5.41) is 3.96. The second-order valence-corrected chi connectivity index (χ2v) is 7.27. The molecule has 1 aliphatic rings. The van der Waals surface area contributed by atoms with Gasteiger partial charge in [-0.15, -0.1) is 0 Å². The van der Waals surface area contributed by atoms with Gasteiger partial charge < -0.3 is 19.9 Å². The standard InChI is InChI=1S/C20H22ClN7O2/c1-3-30-20(29)28-10-8-27(9-11-28)19-25-17-16(22-6-7-23-17)18(26-19)24-14-5-4-13(2)15(21)12-14/h4-7,12H,3,8-11H2,1-2H3,(H,23,24,25,26). The summed E-state index contributed by atoms with van der Waals surface area (Å²) in [7, 11) is 0. The molecule has 1 fully saturated rings. The number of nitrogens with zero attached hydrogens (tertiary/aromatic N) is 6. The average molecular weight is 428 g/mol. The Hall–Kier alpha value is -3.20. The van der Waals surface area contributed by atoms with E-state index in [1.54, 1.807) is 24.2 Å². The zero-order valence-electron chi connectivity index (χ0n) is 16.8. The molecule has 0 atom stereocenters. The van der Waals surface area contributed by atoms with Gasteiger partial charge in [0, 0.05) is 49.3 Å². The third kappa shape index (κ3) is 4.20. The summed E-state index contributed by atoms with van der Waals surface area (Å²) in [5.41, 5.74) is 2.86. The molecule has 4 rings (SSSR count). The number of carbonyl (C=O) groups excluding carboxylic acids is 1. The van der Waals surface area contributed by atoms with Crippen molar-refractivity contribution in [1.29, 1.82) is 0 Å². The lowest BCUT2D eigenvalue weighted by Gasteiger charge is -2.34. The number of nitrogens with one attached hydrogen (secondary N) is 1. The van der Waals surface area contributed by atoms with Gasteiger partial charge in [-0.25, -0.2) is 14.8 Å². The molecule has 9 nitrogen and oxygen atoms in total. The molecule has 0 bridgehead atoms. The molecule has 0 radical (unpaired) electrons. The van der Waals surface area contributed by atoms with Crippen LogP contribution in [-0.4, -0.2) is 63.7 Å². The van der Waals surface area contributed by atoms with Gasteiger partial charge in [-0.05, 0) is 31.5 Å². The largest absolute Gasteiger partial charge is 0.450 e. The Morgan fingerprint density at radius 3 is 2.67 bits per heavy atom. The maximum absolute atomic E-state index is 11.9. The van der Waals surface area contributed by atoms with E-state index in [1.807, 2.05) is 30.0 Å². The molecule has 1 aromatic carbocycles. The Morgan fingerprint density at radius 2 is 1.93 bits per heavy atom. The molecule has 1 amide bonds. The van der Waals surface area contributed by atoms with Crippen molar-refractivity contribution >= 4 is 46.3 Å². The third-order valence-corrected chi connectivity index (χ3v) is 5.25. The molecular weight excluding hydrogens is 406 g/mol. The summed E-state index contributed by atoms with van der Waals surface area (Å²) in [6, 6.07) is 5.72. The highest BCUT2D eigenvalue weighted by atomic mass is 35.5. The predicted octanol–water partition coefficient (Wildman–Crippen LogP) is 3.40. The van der Waals surface area contributed by atoms with Gasteiger partial charge in [0.05, 0.1) is 6.61 Å². The molecule has 0 saturated carbocycles. The molecule has 156 valence electrons. The first-order valence-electron chi connectivity index (χ1n) is 9.73. The van der Waals surface area contributed by atoms with E-state index in [9.17, 15) is 4.79 Å². The number of halogens is 1. The van der Waals surface area contributed by atoms with Crippen LogP contribution in [0.15, 0.2) is 30.6 Å². The molecule has 0 aliphatic carbocycles. The van der Waals surface area contributed by atoms with Gasteiger partial charge in [0.25, 0.3) is 0 Å². The number of amides is 1. The fraction of sp³-hybridized carbons (Fsp3) is 0.350. The number of piperazine rings is 1. The van der Waals surface area contributed by atoms with Gasteiger partial charge in [0.1, 0.15) is 0 Å². The molecule has 1 N–H and O–H groups in total. The zero-order chi connectivity index (χ0) is 21.1. The summed E-state index contributed by atoms with van der Waals surface area (Å²) in [4.78, 5) is 33.7. The quantitative estimate of drug-likeness (QED) is 0.676. The van der Waals surface area contributed by atoms with Gasteiger partial charge in [-0.1, -0.05) is 17.7 Å². The van der Waals surface area contributed by atoms with Crippen LogP contribution in [0.2, 0.25) is 5.02 Å². The number of benzene rings is 1. The fourth-order valence-electron chi connectivity index (χ4n) is 3.19. The van der Waals surface area contributed by atoms with E-state index in [4.69, 9.17) is 21.3 Å². The summed E-state index contributed by atoms with van der Waals surface area (Å²) in [6.45, 7) is 6.39. The van der Waals surface area contributed by atoms with Gasteiger partial charge in [-0.3, -0.25) is 0 Å². The van der Waals surface area contributed by atoms with Crippen LogP contribution in [0, 0.1) is 6.92 Å². The summed E-state index contributed by atoms with van der Waals surface area (Å²) < 4.78 is 5.08. The number of hydrogen-bond donors (Lipinski definition) is 1. The topological polar surface area (TPSA) is 96.4 Å². The second kappa shape index (κ2) is 8.66. The molecule has 10 heteroatoms. The summed E-state index contributed by atoms with van der Waals surface area (Å²) in [5.74, 6) is 1.09. The normalized spacial score (nSPS) is 14.1. The van der Waals surface area contributed by atoms with E-state index in [-0.39, 0.29) is 6.09 Å². The number of ether oxygens (including phenoxy) is 1. The molecule has 1 aliphatic heterocycles. The van der Waals surface area contributed by atoms with E-state index in [2.05, 4.69) is 20.3 Å². The van der Waals surface area contributed by atoms with Crippen LogP contribution in [0.1, 0.15) is 12.5 Å². The van der Waals surface area contributed by atoms with Crippen molar-refractivity contribution < 1.29 is 9.53 Å². The first-order chi connectivity index (χ1) is 14.5. The lowest BCUT2D eigenvalue weighted by Crippen LogP contribution is -2.49. The minimum atomic E-state index is -0.291. The average Bonchev–Trinajstić information content (AvgIpc) is 2.76. The Morgan fingerprint density at radius 1 is 1.17 bits per heavy atom. The van der Waals surface area contributed by atoms with Crippen LogP contribution < -0.4 is 10.2 Å². The maximum atomic E-state index is 11.9. The van der Waals surface area contributed by atoms with Crippen molar-refractivity contribution in [2.24, 2.45) is 0 Å².